The van der Waals surface area contributed by atoms with Gasteiger partial charge >= 0.3 is 0 Å². The van der Waals surface area contributed by atoms with E-state index in [1.165, 1.54) is 0 Å². The largest absolute Gasteiger partial charge is 0.497 e. The van der Waals surface area contributed by atoms with Gasteiger partial charge in [-0.25, -0.2) is 0 Å². The molecule has 0 atom stereocenters. The first-order valence-corrected chi connectivity index (χ1v) is 9.37. The quantitative estimate of drug-likeness (QED) is 0.804. The second kappa shape index (κ2) is 8.08. The molecule has 0 aromatic heterocycles. The number of hydrogen-bond acceptors (Lipinski definition) is 4. The molecule has 0 radical (unpaired) electrons. The van der Waals surface area contributed by atoms with Gasteiger partial charge < -0.3 is 19.3 Å². The summed E-state index contributed by atoms with van der Waals surface area (Å²) in [5.74, 6) is 0.914. The van der Waals surface area contributed by atoms with Gasteiger partial charge in [-0.15, -0.1) is 0 Å². The Balaban J connectivity index is 1.64. The Labute approximate surface area is 155 Å². The van der Waals surface area contributed by atoms with Crippen molar-refractivity contribution in [3.8, 4) is 5.75 Å². The average Bonchev–Trinajstić information content (AvgIpc) is 2.67. The number of aryl methyl sites for hydroxylation is 1. The Hall–Kier alpha value is -2.08. The lowest BCUT2D eigenvalue weighted by Gasteiger charge is -2.52. The van der Waals surface area contributed by atoms with Crippen molar-refractivity contribution >= 4 is 11.8 Å². The van der Waals surface area contributed by atoms with E-state index in [-0.39, 0.29) is 23.9 Å². The zero-order valence-corrected chi connectivity index (χ0v) is 15.7. The van der Waals surface area contributed by atoms with Gasteiger partial charge in [0, 0.05) is 32.7 Å². The first-order chi connectivity index (χ1) is 12.6. The fourth-order valence-electron chi connectivity index (χ4n) is 4.08. The number of likely N-dealkylation sites (N-methyl/N-ethyl adjacent to an activating group) is 1. The number of carbonyl (C=O) groups is 2. The summed E-state index contributed by atoms with van der Waals surface area (Å²) in [6.45, 7) is 4.81. The van der Waals surface area contributed by atoms with Crippen LogP contribution in [0.25, 0.3) is 0 Å². The second-order valence-corrected chi connectivity index (χ2v) is 7.07. The molecule has 2 heterocycles. The van der Waals surface area contributed by atoms with Gasteiger partial charge in [0.15, 0.2) is 0 Å². The standard InChI is InChI=1S/C20H28N2O4/c1-3-22-19(24)14-21(15-20(22)10-12-26-13-11-20)18(23)9-6-16-4-7-17(25-2)8-5-16/h4-5,7-8H,3,6,9-15H2,1-2H3. The molecule has 0 unspecified atom stereocenters. The van der Waals surface area contributed by atoms with Crippen LogP contribution in [0, 0.1) is 0 Å². The lowest BCUT2D eigenvalue weighted by atomic mass is 9.85. The van der Waals surface area contributed by atoms with Crippen LogP contribution in [0.15, 0.2) is 24.3 Å². The predicted molar refractivity (Wildman–Crippen MR) is 98.1 cm³/mol. The molecule has 0 saturated carbocycles. The van der Waals surface area contributed by atoms with Crippen molar-refractivity contribution < 1.29 is 19.1 Å². The lowest BCUT2D eigenvalue weighted by molar-refractivity contribution is -0.160. The minimum Gasteiger partial charge on any atom is -0.497 e. The van der Waals surface area contributed by atoms with E-state index < -0.39 is 0 Å². The van der Waals surface area contributed by atoms with Crippen LogP contribution in [0.4, 0.5) is 0 Å². The maximum absolute atomic E-state index is 12.8. The van der Waals surface area contributed by atoms with Crippen molar-refractivity contribution in [2.45, 2.75) is 38.1 Å². The van der Waals surface area contributed by atoms with E-state index in [1.54, 1.807) is 12.0 Å². The number of carbonyl (C=O) groups excluding carboxylic acids is 2. The molecule has 0 bridgehead atoms. The van der Waals surface area contributed by atoms with Crippen LogP contribution in [-0.4, -0.2) is 67.1 Å². The van der Waals surface area contributed by atoms with Gasteiger partial charge in [0.05, 0.1) is 19.2 Å². The number of benzene rings is 1. The number of rotatable bonds is 5. The molecule has 2 aliphatic rings. The van der Waals surface area contributed by atoms with Crippen molar-refractivity contribution in [1.29, 1.82) is 0 Å². The maximum atomic E-state index is 12.8. The highest BCUT2D eigenvalue weighted by Gasteiger charge is 2.46. The van der Waals surface area contributed by atoms with Crippen molar-refractivity contribution in [3.05, 3.63) is 29.8 Å². The average molecular weight is 360 g/mol. The summed E-state index contributed by atoms with van der Waals surface area (Å²) >= 11 is 0. The number of piperazine rings is 1. The van der Waals surface area contributed by atoms with Gasteiger partial charge in [-0.05, 0) is 43.9 Å². The van der Waals surface area contributed by atoms with E-state index in [9.17, 15) is 9.59 Å². The fraction of sp³-hybridized carbons (Fsp3) is 0.600. The lowest BCUT2D eigenvalue weighted by Crippen LogP contribution is -2.67. The van der Waals surface area contributed by atoms with Gasteiger partial charge in [0.25, 0.3) is 0 Å². The Kier molecular flexibility index (Phi) is 5.81. The van der Waals surface area contributed by atoms with Crippen molar-refractivity contribution in [3.63, 3.8) is 0 Å². The van der Waals surface area contributed by atoms with E-state index in [0.717, 1.165) is 24.2 Å². The van der Waals surface area contributed by atoms with E-state index in [0.29, 0.717) is 39.1 Å². The zero-order valence-electron chi connectivity index (χ0n) is 15.7. The molecule has 2 saturated heterocycles. The van der Waals surface area contributed by atoms with Gasteiger partial charge in [-0.2, -0.15) is 0 Å². The number of nitrogens with zero attached hydrogens (tertiary/aromatic N) is 2. The molecule has 0 N–H and O–H groups in total. The molecule has 0 aliphatic carbocycles. The van der Waals surface area contributed by atoms with Crippen molar-refractivity contribution in [1.82, 2.24) is 9.80 Å². The number of hydrogen-bond donors (Lipinski definition) is 0. The molecule has 2 amide bonds. The minimum atomic E-state index is -0.252. The first-order valence-electron chi connectivity index (χ1n) is 9.37. The molecule has 1 spiro atoms. The van der Waals surface area contributed by atoms with Crippen LogP contribution in [0.3, 0.4) is 0 Å². The highest BCUT2D eigenvalue weighted by atomic mass is 16.5. The summed E-state index contributed by atoms with van der Waals surface area (Å²) in [4.78, 5) is 29.1. The summed E-state index contributed by atoms with van der Waals surface area (Å²) in [5.41, 5.74) is 0.844. The maximum Gasteiger partial charge on any atom is 0.242 e. The predicted octanol–water partition coefficient (Wildman–Crippen LogP) is 1.87. The molecular formula is C20H28N2O4. The Bertz CT molecular complexity index is 638. The van der Waals surface area contributed by atoms with Crippen molar-refractivity contribution in [2.24, 2.45) is 0 Å². The van der Waals surface area contributed by atoms with E-state index in [4.69, 9.17) is 9.47 Å². The van der Waals surface area contributed by atoms with Gasteiger partial charge in [0.1, 0.15) is 5.75 Å². The number of amides is 2. The molecular weight excluding hydrogens is 332 g/mol. The number of ether oxygens (including phenoxy) is 2. The molecule has 2 aliphatic heterocycles. The summed E-state index contributed by atoms with van der Waals surface area (Å²) < 4.78 is 10.7. The zero-order chi connectivity index (χ0) is 18.6. The van der Waals surface area contributed by atoms with Gasteiger partial charge in [-0.1, -0.05) is 12.1 Å². The fourth-order valence-corrected chi connectivity index (χ4v) is 4.08. The SMILES string of the molecule is CCN1C(=O)CN(C(=O)CCc2ccc(OC)cc2)CC12CCOCC2. The van der Waals surface area contributed by atoms with Gasteiger partial charge in [-0.3, -0.25) is 9.59 Å². The Morgan fingerprint density at radius 1 is 1.23 bits per heavy atom. The molecule has 6 nitrogen and oxygen atoms in total. The highest BCUT2D eigenvalue weighted by molar-refractivity contribution is 5.87. The topological polar surface area (TPSA) is 59.1 Å². The van der Waals surface area contributed by atoms with Crippen LogP contribution < -0.4 is 4.74 Å². The Morgan fingerprint density at radius 3 is 2.54 bits per heavy atom. The molecule has 1 aromatic rings. The smallest absolute Gasteiger partial charge is 0.242 e. The van der Waals surface area contributed by atoms with Crippen LogP contribution in [0.1, 0.15) is 31.7 Å². The molecule has 1 aromatic carbocycles. The van der Waals surface area contributed by atoms with Crippen molar-refractivity contribution in [2.75, 3.05) is 40.0 Å². The first kappa shape index (κ1) is 18.7. The summed E-state index contributed by atoms with van der Waals surface area (Å²) in [5, 5.41) is 0. The third-order valence-electron chi connectivity index (χ3n) is 5.56. The third kappa shape index (κ3) is 3.85. The highest BCUT2D eigenvalue weighted by Crippen LogP contribution is 2.32. The third-order valence-corrected chi connectivity index (χ3v) is 5.56. The van der Waals surface area contributed by atoms with E-state index in [2.05, 4.69) is 0 Å². The van der Waals surface area contributed by atoms with Crippen LogP contribution in [-0.2, 0) is 20.7 Å². The molecule has 26 heavy (non-hydrogen) atoms. The normalized spacial score (nSPS) is 19.7. The van der Waals surface area contributed by atoms with Crippen LogP contribution >= 0.6 is 0 Å². The van der Waals surface area contributed by atoms with Gasteiger partial charge in [0.2, 0.25) is 11.8 Å². The number of methoxy groups -OCH3 is 1. The van der Waals surface area contributed by atoms with E-state index in [1.807, 2.05) is 36.1 Å². The molecule has 3 rings (SSSR count). The summed E-state index contributed by atoms with van der Waals surface area (Å²) in [6, 6.07) is 7.76. The van der Waals surface area contributed by atoms with Crippen LogP contribution in [0.2, 0.25) is 0 Å². The second-order valence-electron chi connectivity index (χ2n) is 7.07. The van der Waals surface area contributed by atoms with E-state index >= 15 is 0 Å². The summed E-state index contributed by atoms with van der Waals surface area (Å²) in [6.07, 6.45) is 2.68. The molecule has 2 fully saturated rings. The Morgan fingerprint density at radius 2 is 1.92 bits per heavy atom. The summed E-state index contributed by atoms with van der Waals surface area (Å²) in [7, 11) is 1.64. The monoisotopic (exact) mass is 360 g/mol. The molecule has 142 valence electrons. The minimum absolute atomic E-state index is 0.0517. The molecule has 6 heteroatoms. The van der Waals surface area contributed by atoms with Crippen LogP contribution in [0.5, 0.6) is 5.75 Å².